The van der Waals surface area contributed by atoms with Crippen LogP contribution in [0.5, 0.6) is 0 Å². The van der Waals surface area contributed by atoms with Crippen molar-refractivity contribution in [2.45, 2.75) is 151 Å². The maximum atomic E-state index is 12.5. The molecule has 246 valence electrons. The lowest BCUT2D eigenvalue weighted by atomic mass is 9.43. The molecule has 0 radical (unpaired) electrons. The largest absolute Gasteiger partial charge is 0.481 e. The van der Waals surface area contributed by atoms with Gasteiger partial charge in [0.25, 0.3) is 0 Å². The fourth-order valence-corrected chi connectivity index (χ4v) is 12.5. The molecular weight excluding hydrogens is 575 g/mol. The molecule has 0 aromatic carbocycles. The molecule has 7 atom stereocenters. The van der Waals surface area contributed by atoms with E-state index in [1.54, 1.807) is 10.8 Å². The summed E-state index contributed by atoms with van der Waals surface area (Å²) >= 11 is 0. The number of hydrogen-bond donors (Lipinski definition) is 2. The number of carbonyl (C=O) groups is 2. The first-order chi connectivity index (χ1) is 20.0. The fraction of sp³-hybridized carbons (Fsp3) is 0.889. The molecule has 0 saturated heterocycles. The average molecular weight is 636 g/mol. The summed E-state index contributed by atoms with van der Waals surface area (Å²) in [6.07, 6.45) is 13.9. The summed E-state index contributed by atoms with van der Waals surface area (Å²) in [7, 11) is 3.06. The van der Waals surface area contributed by atoms with Gasteiger partial charge in [0.2, 0.25) is 0 Å². The van der Waals surface area contributed by atoms with Crippen LogP contribution in [-0.2, 0) is 14.3 Å². The number of carboxylic acid groups (broad SMARTS) is 1. The number of carboxylic acids is 1. The number of nitrogens with two attached hydrogens (primary N) is 1. The van der Waals surface area contributed by atoms with E-state index in [9.17, 15) is 9.59 Å². The van der Waals surface area contributed by atoms with Crippen LogP contribution in [-0.4, -0.2) is 40.2 Å². The quantitative estimate of drug-likeness (QED) is 0.0902. The zero-order valence-corrected chi connectivity index (χ0v) is 30.1. The Morgan fingerprint density at radius 2 is 1.65 bits per heavy atom. The Kier molecular flexibility index (Phi) is 10.8. The Balaban J connectivity index is 1.32. The van der Waals surface area contributed by atoms with Gasteiger partial charge in [-0.3, -0.25) is 9.59 Å². The third-order valence-corrected chi connectivity index (χ3v) is 15.7. The molecule has 4 aliphatic rings. The Labute approximate surface area is 270 Å². The minimum absolute atomic E-state index is 0.151. The molecule has 7 heteroatoms. The number of carbonyl (C=O) groups excluding carboxylic acids is 1. The first-order valence-corrected chi connectivity index (χ1v) is 19.6. The second kappa shape index (κ2) is 13.2. The summed E-state index contributed by atoms with van der Waals surface area (Å²) in [5.41, 5.74) is 11.2. The average Bonchev–Trinajstić information content (AvgIpc) is 3.19. The van der Waals surface area contributed by atoms with Gasteiger partial charge in [-0.05, 0) is 117 Å². The summed E-state index contributed by atoms with van der Waals surface area (Å²) in [4.78, 5) is 23.1. The van der Waals surface area contributed by atoms with E-state index in [1.807, 2.05) is 25.0 Å². The summed E-state index contributed by atoms with van der Waals surface area (Å²) in [5, 5.41) is 8.73. The van der Waals surface area contributed by atoms with E-state index in [4.69, 9.17) is 15.6 Å². The number of allylic oxidation sites excluding steroid dienone is 2. The van der Waals surface area contributed by atoms with Crippen molar-refractivity contribution in [2.24, 2.45) is 45.1 Å². The van der Waals surface area contributed by atoms with Gasteiger partial charge in [0, 0.05) is 17.5 Å². The van der Waals surface area contributed by atoms with E-state index in [0.29, 0.717) is 52.0 Å². The second-order valence-electron chi connectivity index (χ2n) is 16.5. The molecule has 2 saturated carbocycles. The summed E-state index contributed by atoms with van der Waals surface area (Å²) in [5.74, 6) is 2.39. The monoisotopic (exact) mass is 635 g/mol. The zero-order valence-electron chi connectivity index (χ0n) is 28.5. The van der Waals surface area contributed by atoms with Crippen LogP contribution >= 0.6 is 21.6 Å². The van der Waals surface area contributed by atoms with E-state index in [-0.39, 0.29) is 17.8 Å². The Hall–Kier alpha value is -0.660. The number of rotatable bonds is 13. The predicted octanol–water partition coefficient (Wildman–Crippen LogP) is 9.44. The molecule has 0 aliphatic heterocycles. The summed E-state index contributed by atoms with van der Waals surface area (Å²) < 4.78 is 5.88. The number of hydrogen-bond acceptors (Lipinski definition) is 6. The maximum absolute atomic E-state index is 12.5. The summed E-state index contributed by atoms with van der Waals surface area (Å²) in [6.45, 7) is 19.4. The fourth-order valence-electron chi connectivity index (χ4n) is 10.5. The number of ether oxygens (including phenoxy) is 1. The van der Waals surface area contributed by atoms with E-state index in [0.717, 1.165) is 25.2 Å². The Morgan fingerprint density at radius 3 is 2.33 bits per heavy atom. The molecule has 3 N–H and O–H groups in total. The van der Waals surface area contributed by atoms with Crippen LogP contribution in [0.4, 0.5) is 0 Å². The van der Waals surface area contributed by atoms with E-state index in [1.165, 1.54) is 62.2 Å². The third-order valence-electron chi connectivity index (χ3n) is 13.3. The zero-order chi connectivity index (χ0) is 31.8. The molecule has 1 unspecified atom stereocenters. The molecule has 0 aromatic heterocycles. The highest BCUT2D eigenvalue weighted by Gasteiger charge is 2.63. The minimum Gasteiger partial charge on any atom is -0.481 e. The van der Waals surface area contributed by atoms with E-state index in [2.05, 4.69) is 41.5 Å². The smallest absolute Gasteiger partial charge is 0.307 e. The van der Waals surface area contributed by atoms with Crippen LogP contribution in [0, 0.1) is 39.4 Å². The standard InChI is InChI=1S/C36H61NO4S2/c1-24(10-9-18-32(2,3)41-31(40)17-23-43-42-22-16-30(38)39)25-13-20-36(8)27-11-12-28-33(4,5)29(37)15-19-34(28,6)26(27)14-21-35(25,36)7/h24-25,28-29H,9-23,37H2,1-8H3,(H,38,39)/t24-,25-,28+,29?,34-,35-,36+/m1/s1. The van der Waals surface area contributed by atoms with Gasteiger partial charge in [-0.25, -0.2) is 0 Å². The molecular formula is C36H61NO4S2. The van der Waals surface area contributed by atoms with Gasteiger partial charge in [-0.2, -0.15) is 0 Å². The van der Waals surface area contributed by atoms with Crippen molar-refractivity contribution in [3.63, 3.8) is 0 Å². The van der Waals surface area contributed by atoms with Gasteiger partial charge in [0.05, 0.1) is 12.8 Å². The third kappa shape index (κ3) is 6.89. The molecule has 4 aliphatic carbocycles. The van der Waals surface area contributed by atoms with Gasteiger partial charge < -0.3 is 15.6 Å². The van der Waals surface area contributed by atoms with Crippen LogP contribution in [0.15, 0.2) is 11.1 Å². The van der Waals surface area contributed by atoms with Gasteiger partial charge >= 0.3 is 11.9 Å². The van der Waals surface area contributed by atoms with Crippen molar-refractivity contribution in [1.29, 1.82) is 0 Å². The van der Waals surface area contributed by atoms with E-state index >= 15 is 0 Å². The lowest BCUT2D eigenvalue weighted by Crippen LogP contribution is -2.57. The highest BCUT2D eigenvalue weighted by molar-refractivity contribution is 8.76. The predicted molar refractivity (Wildman–Crippen MR) is 182 cm³/mol. The molecule has 43 heavy (non-hydrogen) atoms. The lowest BCUT2D eigenvalue weighted by Gasteiger charge is -2.62. The van der Waals surface area contributed by atoms with Gasteiger partial charge in [-0.15, -0.1) is 0 Å². The molecule has 0 aromatic rings. The van der Waals surface area contributed by atoms with Crippen LogP contribution in [0.2, 0.25) is 0 Å². The second-order valence-corrected chi connectivity index (χ2v) is 19.2. The summed E-state index contributed by atoms with van der Waals surface area (Å²) in [6, 6.07) is 0.322. The van der Waals surface area contributed by atoms with Crippen molar-refractivity contribution in [1.82, 2.24) is 0 Å². The SMILES string of the molecule is C[C@H](CCCC(C)(C)OC(=O)CCSSCCC(=O)O)[C@H]1CC[C@@]2(C)C3=C(CC[C@]12C)[C@@]1(C)CCC(N)C(C)(C)[C@@H]1CC3. The van der Waals surface area contributed by atoms with E-state index < -0.39 is 11.6 Å². The number of esters is 1. The van der Waals surface area contributed by atoms with Crippen LogP contribution < -0.4 is 5.73 Å². The molecule has 0 bridgehead atoms. The Bertz CT molecular complexity index is 1070. The first kappa shape index (κ1) is 35.2. The van der Waals surface area contributed by atoms with Gasteiger partial charge in [0.1, 0.15) is 5.60 Å². The molecule has 0 spiro atoms. The van der Waals surface area contributed by atoms with Crippen LogP contribution in [0.25, 0.3) is 0 Å². The molecule has 2 fully saturated rings. The topological polar surface area (TPSA) is 89.6 Å². The molecule has 4 rings (SSSR count). The van der Waals surface area contributed by atoms with Crippen molar-refractivity contribution in [3.05, 3.63) is 11.1 Å². The number of aliphatic carboxylic acids is 1. The molecule has 0 heterocycles. The maximum Gasteiger partial charge on any atom is 0.307 e. The normalized spacial score (nSPS) is 36.0. The molecule has 0 amide bonds. The highest BCUT2D eigenvalue weighted by Crippen LogP contribution is 2.72. The van der Waals surface area contributed by atoms with Crippen molar-refractivity contribution in [3.8, 4) is 0 Å². The van der Waals surface area contributed by atoms with Crippen molar-refractivity contribution >= 4 is 33.5 Å². The van der Waals surface area contributed by atoms with Gasteiger partial charge in [0.15, 0.2) is 0 Å². The highest BCUT2D eigenvalue weighted by atomic mass is 33.1. The van der Waals surface area contributed by atoms with Crippen molar-refractivity contribution in [2.75, 3.05) is 11.5 Å². The first-order valence-electron chi connectivity index (χ1n) is 17.1. The molecule has 5 nitrogen and oxygen atoms in total. The van der Waals surface area contributed by atoms with Crippen molar-refractivity contribution < 1.29 is 19.4 Å². The van der Waals surface area contributed by atoms with Crippen LogP contribution in [0.1, 0.15) is 139 Å². The van der Waals surface area contributed by atoms with Gasteiger partial charge in [-0.1, -0.05) is 80.7 Å². The Morgan fingerprint density at radius 1 is 0.977 bits per heavy atom. The number of fused-ring (bicyclic) bond motifs is 4. The van der Waals surface area contributed by atoms with Crippen LogP contribution in [0.3, 0.4) is 0 Å². The minimum atomic E-state index is -0.781. The lowest BCUT2D eigenvalue weighted by molar-refractivity contribution is -0.156.